The number of nitriles is 1. The molecule has 8 heteroatoms. The molecular weight excluding hydrogens is 335 g/mol. The maximum atomic E-state index is 12.2. The van der Waals surface area contributed by atoms with Crippen molar-refractivity contribution in [2.75, 3.05) is 5.73 Å². The average molecular weight is 345 g/mol. The highest BCUT2D eigenvalue weighted by Gasteiger charge is 2.31. The molecule has 2 aromatic heterocycles. The second-order valence-corrected chi connectivity index (χ2v) is 4.98. The lowest BCUT2D eigenvalue weighted by atomic mass is 10.0. The van der Waals surface area contributed by atoms with Crippen molar-refractivity contribution in [3.05, 3.63) is 54.3 Å². The second-order valence-electron chi connectivity index (χ2n) is 4.98. The topological polar surface area (TPSA) is 85.1 Å². The van der Waals surface area contributed by atoms with Crippen molar-refractivity contribution < 1.29 is 22.3 Å². The van der Waals surface area contributed by atoms with Crippen LogP contribution in [0.4, 0.5) is 19.0 Å². The van der Waals surface area contributed by atoms with Gasteiger partial charge in [-0.2, -0.15) is 5.26 Å². The van der Waals surface area contributed by atoms with Crippen molar-refractivity contribution in [3.63, 3.8) is 0 Å². The zero-order chi connectivity index (χ0) is 18.0. The van der Waals surface area contributed by atoms with E-state index in [0.29, 0.717) is 22.6 Å². The molecule has 0 aliphatic rings. The van der Waals surface area contributed by atoms with Crippen molar-refractivity contribution in [1.82, 2.24) is 4.98 Å². The molecular formula is C17H10F3N3O2. The molecule has 2 N–H and O–H groups in total. The van der Waals surface area contributed by atoms with Gasteiger partial charge >= 0.3 is 6.36 Å². The Kier molecular flexibility index (Phi) is 4.07. The van der Waals surface area contributed by atoms with E-state index in [2.05, 4.69) is 9.72 Å². The summed E-state index contributed by atoms with van der Waals surface area (Å²) in [7, 11) is 0. The van der Waals surface area contributed by atoms with E-state index in [-0.39, 0.29) is 17.1 Å². The molecule has 25 heavy (non-hydrogen) atoms. The van der Waals surface area contributed by atoms with E-state index in [1.165, 1.54) is 30.5 Å². The van der Waals surface area contributed by atoms with Crippen LogP contribution in [0.25, 0.3) is 22.6 Å². The summed E-state index contributed by atoms with van der Waals surface area (Å²) < 4.78 is 45.8. The number of furan rings is 1. The predicted molar refractivity (Wildman–Crippen MR) is 83.2 cm³/mol. The van der Waals surface area contributed by atoms with Gasteiger partial charge in [0.1, 0.15) is 29.0 Å². The lowest BCUT2D eigenvalue weighted by Crippen LogP contribution is -2.16. The summed E-state index contributed by atoms with van der Waals surface area (Å²) in [6, 6.07) is 12.1. The van der Waals surface area contributed by atoms with E-state index in [1.807, 2.05) is 6.07 Å². The van der Waals surface area contributed by atoms with Crippen LogP contribution >= 0.6 is 0 Å². The van der Waals surface area contributed by atoms with E-state index < -0.39 is 6.36 Å². The minimum Gasteiger partial charge on any atom is -0.464 e. The predicted octanol–water partition coefficient (Wildman–Crippen LogP) is 4.36. The van der Waals surface area contributed by atoms with Gasteiger partial charge in [0.2, 0.25) is 0 Å². The fourth-order valence-electron chi connectivity index (χ4n) is 2.28. The van der Waals surface area contributed by atoms with E-state index in [9.17, 15) is 18.4 Å². The quantitative estimate of drug-likeness (QED) is 0.762. The molecule has 0 amide bonds. The van der Waals surface area contributed by atoms with Gasteiger partial charge < -0.3 is 14.9 Å². The number of aromatic nitrogens is 1. The number of alkyl halides is 3. The first-order chi connectivity index (χ1) is 11.9. The first-order valence-corrected chi connectivity index (χ1v) is 6.98. The SMILES string of the molecule is N#Cc1c(-c2ccco2)cc(-c2ccc(OC(F)(F)F)cc2)nc1N. The van der Waals surface area contributed by atoms with Crippen molar-refractivity contribution in [2.45, 2.75) is 6.36 Å². The summed E-state index contributed by atoms with van der Waals surface area (Å²) in [6.07, 6.45) is -3.30. The maximum absolute atomic E-state index is 12.2. The zero-order valence-corrected chi connectivity index (χ0v) is 12.5. The lowest BCUT2D eigenvalue weighted by molar-refractivity contribution is -0.274. The van der Waals surface area contributed by atoms with Crippen LogP contribution in [0, 0.1) is 11.3 Å². The summed E-state index contributed by atoms with van der Waals surface area (Å²) in [5, 5.41) is 9.27. The Morgan fingerprint density at radius 2 is 1.88 bits per heavy atom. The number of nitrogens with two attached hydrogens (primary N) is 1. The normalized spacial score (nSPS) is 11.1. The first kappa shape index (κ1) is 16.4. The Hall–Kier alpha value is -3.47. The van der Waals surface area contributed by atoms with Crippen LogP contribution in [0.5, 0.6) is 5.75 Å². The second kappa shape index (κ2) is 6.20. The molecule has 0 saturated heterocycles. The third-order valence-electron chi connectivity index (χ3n) is 3.33. The molecule has 1 aromatic carbocycles. The number of ether oxygens (including phenoxy) is 1. The number of hydrogen-bond donors (Lipinski definition) is 1. The van der Waals surface area contributed by atoms with Gasteiger partial charge in [0.15, 0.2) is 0 Å². The summed E-state index contributed by atoms with van der Waals surface area (Å²) in [5.74, 6) is 0.0927. The van der Waals surface area contributed by atoms with Crippen LogP contribution in [-0.4, -0.2) is 11.3 Å². The first-order valence-electron chi connectivity index (χ1n) is 6.98. The summed E-state index contributed by atoms with van der Waals surface area (Å²) in [6.45, 7) is 0. The molecule has 0 fully saturated rings. The molecule has 0 aliphatic carbocycles. The summed E-state index contributed by atoms with van der Waals surface area (Å²) in [5.41, 5.74) is 7.36. The van der Waals surface area contributed by atoms with Crippen molar-refractivity contribution in [3.8, 4) is 34.4 Å². The molecule has 2 heterocycles. The van der Waals surface area contributed by atoms with Crippen LogP contribution in [-0.2, 0) is 0 Å². The van der Waals surface area contributed by atoms with E-state index in [1.54, 1.807) is 18.2 Å². The van der Waals surface area contributed by atoms with Gasteiger partial charge in [-0.1, -0.05) is 0 Å². The molecule has 0 radical (unpaired) electrons. The number of nitrogen functional groups attached to an aromatic ring is 1. The minimum absolute atomic E-state index is 0.00187. The summed E-state index contributed by atoms with van der Waals surface area (Å²) >= 11 is 0. The molecule has 0 unspecified atom stereocenters. The summed E-state index contributed by atoms with van der Waals surface area (Å²) in [4.78, 5) is 4.14. The largest absolute Gasteiger partial charge is 0.573 e. The monoisotopic (exact) mass is 345 g/mol. The molecule has 126 valence electrons. The van der Waals surface area contributed by atoms with Crippen molar-refractivity contribution in [2.24, 2.45) is 0 Å². The van der Waals surface area contributed by atoms with Gasteiger partial charge in [-0.15, -0.1) is 13.2 Å². The number of anilines is 1. The Balaban J connectivity index is 2.02. The van der Waals surface area contributed by atoms with Crippen LogP contribution in [0.3, 0.4) is 0 Å². The molecule has 0 saturated carbocycles. The highest BCUT2D eigenvalue weighted by atomic mass is 19.4. The van der Waals surface area contributed by atoms with E-state index in [0.717, 1.165) is 0 Å². The highest BCUT2D eigenvalue weighted by molar-refractivity contribution is 5.77. The van der Waals surface area contributed by atoms with Gasteiger partial charge in [0.05, 0.1) is 12.0 Å². The number of benzene rings is 1. The lowest BCUT2D eigenvalue weighted by Gasteiger charge is -2.10. The standard InChI is InChI=1S/C17H10F3N3O2/c18-17(19,20)25-11-5-3-10(4-6-11)14-8-12(15-2-1-7-24-15)13(9-21)16(22)23-14/h1-8H,(H2,22,23). The number of halogens is 3. The van der Waals surface area contributed by atoms with Crippen LogP contribution in [0.1, 0.15) is 5.56 Å². The molecule has 3 aromatic rings. The van der Waals surface area contributed by atoms with Crippen LogP contribution in [0.15, 0.2) is 53.1 Å². The Morgan fingerprint density at radius 3 is 2.44 bits per heavy atom. The highest BCUT2D eigenvalue weighted by Crippen LogP contribution is 2.32. The number of nitrogens with zero attached hydrogens (tertiary/aromatic N) is 2. The zero-order valence-electron chi connectivity index (χ0n) is 12.5. The van der Waals surface area contributed by atoms with Gasteiger partial charge in [-0.3, -0.25) is 0 Å². The maximum Gasteiger partial charge on any atom is 0.573 e. The smallest absolute Gasteiger partial charge is 0.464 e. The molecule has 0 atom stereocenters. The van der Waals surface area contributed by atoms with Crippen molar-refractivity contribution >= 4 is 5.82 Å². The van der Waals surface area contributed by atoms with Gasteiger partial charge in [0.25, 0.3) is 0 Å². The van der Waals surface area contributed by atoms with Crippen LogP contribution < -0.4 is 10.5 Å². The van der Waals surface area contributed by atoms with Gasteiger partial charge in [-0.05, 0) is 42.5 Å². The van der Waals surface area contributed by atoms with Crippen LogP contribution in [0.2, 0.25) is 0 Å². The Labute approximate surface area is 140 Å². The molecule has 0 bridgehead atoms. The van der Waals surface area contributed by atoms with Gasteiger partial charge in [0, 0.05) is 11.1 Å². The third-order valence-corrected chi connectivity index (χ3v) is 3.33. The number of hydrogen-bond acceptors (Lipinski definition) is 5. The third kappa shape index (κ3) is 3.55. The van der Waals surface area contributed by atoms with E-state index in [4.69, 9.17) is 10.2 Å². The minimum atomic E-state index is -4.76. The number of rotatable bonds is 3. The fourth-order valence-corrected chi connectivity index (χ4v) is 2.28. The van der Waals surface area contributed by atoms with Gasteiger partial charge in [-0.25, -0.2) is 4.98 Å². The molecule has 0 spiro atoms. The molecule has 5 nitrogen and oxygen atoms in total. The Bertz CT molecular complexity index is 928. The number of pyridine rings is 1. The molecule has 0 aliphatic heterocycles. The van der Waals surface area contributed by atoms with Crippen molar-refractivity contribution in [1.29, 1.82) is 5.26 Å². The Morgan fingerprint density at radius 1 is 1.16 bits per heavy atom. The van der Waals surface area contributed by atoms with E-state index >= 15 is 0 Å². The fraction of sp³-hybridized carbons (Fsp3) is 0.0588. The average Bonchev–Trinajstić information content (AvgIpc) is 3.07. The molecule has 3 rings (SSSR count).